The minimum atomic E-state index is 0.246. The average Bonchev–Trinajstić information content (AvgIpc) is 2.87. The number of aryl methyl sites for hydroxylation is 2. The zero-order chi connectivity index (χ0) is 11.1. The van der Waals surface area contributed by atoms with E-state index >= 15 is 0 Å². The van der Waals surface area contributed by atoms with Gasteiger partial charge in [-0.3, -0.25) is 0 Å². The molecule has 4 heteroatoms. The standard InChI is InChI=1S/C12H15N3O/c1-8-7-14-15(12(8)13)10-3-2-4-11-9(10)5-6-16-11/h5-7,10H,2-4,13H2,1H3. The zero-order valence-electron chi connectivity index (χ0n) is 9.31. The topological polar surface area (TPSA) is 57.0 Å². The number of nitrogen functional groups attached to an aromatic ring is 1. The molecule has 1 aliphatic rings. The zero-order valence-corrected chi connectivity index (χ0v) is 9.31. The van der Waals surface area contributed by atoms with Gasteiger partial charge in [-0.05, 0) is 25.8 Å². The first-order valence-electron chi connectivity index (χ1n) is 5.63. The van der Waals surface area contributed by atoms with E-state index in [4.69, 9.17) is 10.2 Å². The summed E-state index contributed by atoms with van der Waals surface area (Å²) in [5, 5.41) is 4.37. The quantitative estimate of drug-likeness (QED) is 0.797. The van der Waals surface area contributed by atoms with Gasteiger partial charge in [-0.1, -0.05) is 0 Å². The molecule has 2 aromatic rings. The van der Waals surface area contributed by atoms with Gasteiger partial charge in [0.05, 0.1) is 18.5 Å². The summed E-state index contributed by atoms with van der Waals surface area (Å²) in [7, 11) is 0. The van der Waals surface area contributed by atoms with Crippen molar-refractivity contribution in [1.82, 2.24) is 9.78 Å². The molecule has 2 N–H and O–H groups in total. The normalized spacial score (nSPS) is 19.7. The molecular formula is C12H15N3O. The van der Waals surface area contributed by atoms with Gasteiger partial charge in [0.15, 0.2) is 0 Å². The fourth-order valence-electron chi connectivity index (χ4n) is 2.42. The van der Waals surface area contributed by atoms with Crippen LogP contribution in [0.5, 0.6) is 0 Å². The Kier molecular flexibility index (Phi) is 2.02. The summed E-state index contributed by atoms with van der Waals surface area (Å²) in [6.45, 7) is 1.98. The first kappa shape index (κ1) is 9.51. The molecule has 2 heterocycles. The van der Waals surface area contributed by atoms with Crippen LogP contribution in [0.3, 0.4) is 0 Å². The van der Waals surface area contributed by atoms with Crippen LogP contribution in [0.25, 0.3) is 0 Å². The minimum Gasteiger partial charge on any atom is -0.469 e. The van der Waals surface area contributed by atoms with Gasteiger partial charge in [0.25, 0.3) is 0 Å². The highest BCUT2D eigenvalue weighted by Gasteiger charge is 2.26. The van der Waals surface area contributed by atoms with E-state index in [0.717, 1.165) is 36.4 Å². The molecule has 0 bridgehead atoms. The van der Waals surface area contributed by atoms with Crippen molar-refractivity contribution in [1.29, 1.82) is 0 Å². The number of anilines is 1. The molecule has 1 atom stereocenters. The highest BCUT2D eigenvalue weighted by atomic mass is 16.3. The SMILES string of the molecule is Cc1cnn(C2CCCc3occc32)c1N. The number of nitrogens with two attached hydrogens (primary N) is 1. The molecule has 4 nitrogen and oxygen atoms in total. The van der Waals surface area contributed by atoms with Crippen molar-refractivity contribution < 1.29 is 4.42 Å². The molecule has 0 amide bonds. The van der Waals surface area contributed by atoms with Crippen LogP contribution in [-0.4, -0.2) is 9.78 Å². The van der Waals surface area contributed by atoms with Crippen molar-refractivity contribution in [3.63, 3.8) is 0 Å². The Morgan fingerprint density at radius 1 is 1.56 bits per heavy atom. The largest absolute Gasteiger partial charge is 0.469 e. The fourth-order valence-corrected chi connectivity index (χ4v) is 2.42. The Bertz CT molecular complexity index is 512. The fraction of sp³-hybridized carbons (Fsp3) is 0.417. The van der Waals surface area contributed by atoms with Gasteiger partial charge in [-0.2, -0.15) is 5.10 Å². The maximum absolute atomic E-state index is 6.03. The Labute approximate surface area is 94.0 Å². The van der Waals surface area contributed by atoms with Crippen LogP contribution in [0, 0.1) is 6.92 Å². The van der Waals surface area contributed by atoms with Gasteiger partial charge in [-0.25, -0.2) is 4.68 Å². The molecule has 0 fully saturated rings. The third-order valence-corrected chi connectivity index (χ3v) is 3.34. The summed E-state index contributed by atoms with van der Waals surface area (Å²) in [4.78, 5) is 0. The second-order valence-corrected chi connectivity index (χ2v) is 4.36. The number of hydrogen-bond donors (Lipinski definition) is 1. The maximum Gasteiger partial charge on any atom is 0.125 e. The van der Waals surface area contributed by atoms with Gasteiger partial charge in [-0.15, -0.1) is 0 Å². The number of aromatic nitrogens is 2. The van der Waals surface area contributed by atoms with Crippen LogP contribution in [0.1, 0.15) is 35.8 Å². The molecule has 3 rings (SSSR count). The maximum atomic E-state index is 6.03. The number of rotatable bonds is 1. The van der Waals surface area contributed by atoms with E-state index in [0.29, 0.717) is 0 Å². The number of fused-ring (bicyclic) bond motifs is 1. The van der Waals surface area contributed by atoms with E-state index in [1.165, 1.54) is 5.56 Å². The predicted octanol–water partition coefficient (Wildman–Crippen LogP) is 2.29. The lowest BCUT2D eigenvalue weighted by molar-refractivity contribution is 0.409. The van der Waals surface area contributed by atoms with Gasteiger partial charge < -0.3 is 10.2 Å². The van der Waals surface area contributed by atoms with Gasteiger partial charge in [0.1, 0.15) is 11.6 Å². The van der Waals surface area contributed by atoms with E-state index < -0.39 is 0 Å². The van der Waals surface area contributed by atoms with Crippen molar-refractivity contribution in [3.05, 3.63) is 35.4 Å². The summed E-state index contributed by atoms with van der Waals surface area (Å²) in [6.07, 6.45) is 6.82. The average molecular weight is 217 g/mol. The predicted molar refractivity (Wildman–Crippen MR) is 61.2 cm³/mol. The molecular weight excluding hydrogens is 202 g/mol. The van der Waals surface area contributed by atoms with E-state index in [2.05, 4.69) is 5.10 Å². The van der Waals surface area contributed by atoms with E-state index in [-0.39, 0.29) is 6.04 Å². The molecule has 0 saturated heterocycles. The molecule has 1 aliphatic carbocycles. The third kappa shape index (κ3) is 1.26. The Morgan fingerprint density at radius 3 is 3.19 bits per heavy atom. The summed E-state index contributed by atoms with van der Waals surface area (Å²) >= 11 is 0. The third-order valence-electron chi connectivity index (χ3n) is 3.34. The molecule has 1 unspecified atom stereocenters. The van der Waals surface area contributed by atoms with Crippen LogP contribution in [-0.2, 0) is 6.42 Å². The molecule has 0 saturated carbocycles. The van der Waals surface area contributed by atoms with Gasteiger partial charge >= 0.3 is 0 Å². The summed E-state index contributed by atoms with van der Waals surface area (Å²) in [5.41, 5.74) is 8.30. The molecule has 0 spiro atoms. The van der Waals surface area contributed by atoms with Gasteiger partial charge in [0.2, 0.25) is 0 Å². The van der Waals surface area contributed by atoms with Crippen LogP contribution in [0.2, 0.25) is 0 Å². The van der Waals surface area contributed by atoms with Gasteiger partial charge in [0, 0.05) is 17.5 Å². The van der Waals surface area contributed by atoms with Crippen molar-refractivity contribution in [2.45, 2.75) is 32.2 Å². The Balaban J connectivity index is 2.07. The molecule has 2 aromatic heterocycles. The summed E-state index contributed by atoms with van der Waals surface area (Å²) in [6, 6.07) is 2.28. The van der Waals surface area contributed by atoms with E-state index in [9.17, 15) is 0 Å². The second kappa shape index (κ2) is 3.40. The van der Waals surface area contributed by atoms with Crippen LogP contribution >= 0.6 is 0 Å². The van der Waals surface area contributed by atoms with E-state index in [1.807, 2.05) is 23.9 Å². The lowest BCUT2D eigenvalue weighted by Crippen LogP contribution is -2.18. The van der Waals surface area contributed by atoms with Crippen molar-refractivity contribution in [2.75, 3.05) is 5.73 Å². The van der Waals surface area contributed by atoms with Crippen LogP contribution in [0.4, 0.5) is 5.82 Å². The van der Waals surface area contributed by atoms with Crippen molar-refractivity contribution >= 4 is 5.82 Å². The highest BCUT2D eigenvalue weighted by Crippen LogP contribution is 2.34. The van der Waals surface area contributed by atoms with Crippen LogP contribution in [0.15, 0.2) is 22.9 Å². The lowest BCUT2D eigenvalue weighted by Gasteiger charge is -2.22. The summed E-state index contributed by atoms with van der Waals surface area (Å²) in [5.74, 6) is 1.85. The number of furan rings is 1. The van der Waals surface area contributed by atoms with Crippen molar-refractivity contribution in [3.8, 4) is 0 Å². The second-order valence-electron chi connectivity index (χ2n) is 4.36. The Morgan fingerprint density at radius 2 is 2.44 bits per heavy atom. The monoisotopic (exact) mass is 217 g/mol. The Hall–Kier alpha value is -1.71. The number of hydrogen-bond acceptors (Lipinski definition) is 3. The lowest BCUT2D eigenvalue weighted by atomic mass is 9.93. The first-order valence-corrected chi connectivity index (χ1v) is 5.63. The van der Waals surface area contributed by atoms with E-state index in [1.54, 1.807) is 6.26 Å². The summed E-state index contributed by atoms with van der Waals surface area (Å²) < 4.78 is 7.39. The van der Waals surface area contributed by atoms with Crippen molar-refractivity contribution in [2.24, 2.45) is 0 Å². The molecule has 16 heavy (non-hydrogen) atoms. The first-order chi connectivity index (χ1) is 7.77. The number of nitrogens with zero attached hydrogens (tertiary/aromatic N) is 2. The minimum absolute atomic E-state index is 0.246. The highest BCUT2D eigenvalue weighted by molar-refractivity contribution is 5.40. The molecule has 0 aromatic carbocycles. The molecule has 0 aliphatic heterocycles. The molecule has 0 radical (unpaired) electrons. The molecule has 84 valence electrons. The smallest absolute Gasteiger partial charge is 0.125 e. The van der Waals surface area contributed by atoms with Crippen LogP contribution < -0.4 is 5.73 Å².